The van der Waals surface area contributed by atoms with Crippen LogP contribution in [0, 0.1) is 11.3 Å². The Morgan fingerprint density at radius 1 is 1.55 bits per heavy atom. The van der Waals surface area contributed by atoms with Gasteiger partial charge in [0, 0.05) is 10.0 Å². The molecule has 1 rings (SSSR count). The lowest BCUT2D eigenvalue weighted by Gasteiger charge is -1.94. The van der Waals surface area contributed by atoms with Crippen molar-refractivity contribution in [3.63, 3.8) is 0 Å². The first-order valence-electron chi connectivity index (χ1n) is 2.93. The summed E-state index contributed by atoms with van der Waals surface area (Å²) in [5.41, 5.74) is 1.10. The lowest BCUT2D eigenvalue weighted by atomic mass is 10.2. The van der Waals surface area contributed by atoms with Gasteiger partial charge in [0.1, 0.15) is 0 Å². The number of halogens is 1. The van der Waals surface area contributed by atoms with Crippen molar-refractivity contribution in [3.8, 4) is 6.07 Å². The summed E-state index contributed by atoms with van der Waals surface area (Å²) in [6, 6.07) is 6.80. The van der Waals surface area contributed by atoms with Crippen LogP contribution in [0.5, 0.6) is 0 Å². The van der Waals surface area contributed by atoms with Crippen molar-refractivity contribution in [2.24, 2.45) is 0 Å². The van der Waals surface area contributed by atoms with E-state index in [4.69, 9.17) is 5.26 Å². The number of carbonyl (C=O) groups is 1. The molecule has 0 aliphatic rings. The van der Waals surface area contributed by atoms with E-state index in [1.165, 1.54) is 0 Å². The van der Waals surface area contributed by atoms with Crippen LogP contribution in [0.1, 0.15) is 15.9 Å². The van der Waals surface area contributed by atoms with Gasteiger partial charge in [0.25, 0.3) is 0 Å². The number of hydrogen-bond acceptors (Lipinski definition) is 2. The molecule has 0 fully saturated rings. The fraction of sp³-hybridized carbons (Fsp3) is 0. The number of rotatable bonds is 1. The summed E-state index contributed by atoms with van der Waals surface area (Å²) < 4.78 is 0.659. The molecule has 3 heteroatoms. The summed E-state index contributed by atoms with van der Waals surface area (Å²) in [4.78, 5) is 10.3. The fourth-order valence-electron chi connectivity index (χ4n) is 0.692. The van der Waals surface area contributed by atoms with Gasteiger partial charge in [-0.1, -0.05) is 15.9 Å². The molecular formula is C8H4BrNO. The zero-order valence-corrected chi connectivity index (χ0v) is 7.13. The Kier molecular flexibility index (Phi) is 2.40. The highest BCUT2D eigenvalue weighted by Gasteiger charge is 1.98. The van der Waals surface area contributed by atoms with Crippen molar-refractivity contribution < 1.29 is 4.79 Å². The molecule has 0 saturated heterocycles. The number of nitrogens with zero attached hydrogens (tertiary/aromatic N) is 1. The van der Waals surface area contributed by atoms with E-state index >= 15 is 0 Å². The van der Waals surface area contributed by atoms with Crippen LogP contribution in [-0.4, -0.2) is 6.29 Å². The first-order valence-corrected chi connectivity index (χ1v) is 3.72. The van der Waals surface area contributed by atoms with Gasteiger partial charge in [0.2, 0.25) is 0 Å². The number of nitriles is 1. The number of benzene rings is 1. The van der Waals surface area contributed by atoms with Crippen LogP contribution in [0.2, 0.25) is 0 Å². The van der Waals surface area contributed by atoms with Crippen molar-refractivity contribution in [2.75, 3.05) is 0 Å². The molecule has 0 aromatic heterocycles. The first-order chi connectivity index (χ1) is 5.27. The van der Waals surface area contributed by atoms with Gasteiger partial charge in [0.15, 0.2) is 6.29 Å². The minimum atomic E-state index is 0.544. The highest BCUT2D eigenvalue weighted by Crippen LogP contribution is 2.15. The summed E-state index contributed by atoms with van der Waals surface area (Å²) >= 11 is 3.17. The van der Waals surface area contributed by atoms with E-state index in [-0.39, 0.29) is 0 Å². The molecule has 0 heterocycles. The molecule has 2 nitrogen and oxygen atoms in total. The van der Waals surface area contributed by atoms with Gasteiger partial charge in [-0.25, -0.2) is 0 Å². The molecule has 0 bridgehead atoms. The van der Waals surface area contributed by atoms with Gasteiger partial charge < -0.3 is 0 Å². The Morgan fingerprint density at radius 2 is 2.27 bits per heavy atom. The molecule has 1 aromatic rings. The molecule has 0 atom stereocenters. The van der Waals surface area contributed by atoms with E-state index in [9.17, 15) is 4.79 Å². The summed E-state index contributed by atoms with van der Waals surface area (Å²) in [7, 11) is 0. The largest absolute Gasteiger partial charge is 0.298 e. The van der Waals surface area contributed by atoms with Crippen LogP contribution in [-0.2, 0) is 0 Å². The van der Waals surface area contributed by atoms with Crippen LogP contribution in [0.15, 0.2) is 22.7 Å². The molecule has 0 amide bonds. The van der Waals surface area contributed by atoms with Gasteiger partial charge in [-0.2, -0.15) is 5.26 Å². The third-order valence-electron chi connectivity index (χ3n) is 1.26. The lowest BCUT2D eigenvalue weighted by Crippen LogP contribution is -1.82. The Balaban J connectivity index is 3.22. The van der Waals surface area contributed by atoms with E-state index < -0.39 is 0 Å². The molecule has 0 radical (unpaired) electrons. The van der Waals surface area contributed by atoms with E-state index in [1.807, 2.05) is 6.07 Å². The Labute approximate surface area is 72.6 Å². The van der Waals surface area contributed by atoms with Gasteiger partial charge in [-0.3, -0.25) is 4.79 Å². The zero-order chi connectivity index (χ0) is 8.27. The molecular weight excluding hydrogens is 206 g/mol. The van der Waals surface area contributed by atoms with Crippen molar-refractivity contribution in [3.05, 3.63) is 33.8 Å². The Bertz CT molecular complexity index is 327. The second-order valence-electron chi connectivity index (χ2n) is 1.97. The topological polar surface area (TPSA) is 40.9 Å². The second-order valence-corrected chi connectivity index (χ2v) is 2.82. The monoisotopic (exact) mass is 209 g/mol. The van der Waals surface area contributed by atoms with Crippen LogP contribution < -0.4 is 0 Å². The summed E-state index contributed by atoms with van der Waals surface area (Å²) in [6.45, 7) is 0. The molecule has 0 N–H and O–H groups in total. The average Bonchev–Trinajstić information content (AvgIpc) is 2.04. The first kappa shape index (κ1) is 7.96. The lowest BCUT2D eigenvalue weighted by molar-refractivity contribution is 0.112. The van der Waals surface area contributed by atoms with E-state index in [0.29, 0.717) is 15.6 Å². The van der Waals surface area contributed by atoms with E-state index in [0.717, 1.165) is 6.29 Å². The Hall–Kier alpha value is -1.14. The molecule has 1 aromatic carbocycles. The molecule has 54 valence electrons. The van der Waals surface area contributed by atoms with Crippen LogP contribution in [0.25, 0.3) is 0 Å². The van der Waals surface area contributed by atoms with E-state index in [2.05, 4.69) is 15.9 Å². The molecule has 0 spiro atoms. The van der Waals surface area contributed by atoms with Crippen LogP contribution in [0.4, 0.5) is 0 Å². The van der Waals surface area contributed by atoms with Gasteiger partial charge >= 0.3 is 0 Å². The number of carbonyl (C=O) groups excluding carboxylic acids is 1. The van der Waals surface area contributed by atoms with Crippen molar-refractivity contribution in [1.29, 1.82) is 5.26 Å². The quantitative estimate of drug-likeness (QED) is 0.666. The number of hydrogen-bond donors (Lipinski definition) is 0. The van der Waals surface area contributed by atoms with E-state index in [1.54, 1.807) is 18.2 Å². The fourth-order valence-corrected chi connectivity index (χ4v) is 1.16. The summed E-state index contributed by atoms with van der Waals surface area (Å²) in [5, 5.41) is 8.47. The van der Waals surface area contributed by atoms with Crippen molar-refractivity contribution >= 4 is 22.2 Å². The number of aldehydes is 1. The maximum Gasteiger partial charge on any atom is 0.151 e. The summed E-state index contributed by atoms with van der Waals surface area (Å²) in [5.74, 6) is 0. The zero-order valence-electron chi connectivity index (χ0n) is 5.54. The second kappa shape index (κ2) is 3.31. The SMILES string of the molecule is N#Cc1ccc(C=O)c(Br)c1. The Morgan fingerprint density at radius 3 is 2.73 bits per heavy atom. The standard InChI is InChI=1S/C8H4BrNO/c9-8-3-6(4-10)1-2-7(8)5-11/h1-3,5H. The third-order valence-corrected chi connectivity index (χ3v) is 1.94. The molecule has 0 aliphatic heterocycles. The minimum absolute atomic E-state index is 0.544. The predicted octanol–water partition coefficient (Wildman–Crippen LogP) is 2.13. The average molecular weight is 210 g/mol. The minimum Gasteiger partial charge on any atom is -0.298 e. The molecule has 11 heavy (non-hydrogen) atoms. The van der Waals surface area contributed by atoms with Crippen LogP contribution in [0.3, 0.4) is 0 Å². The predicted molar refractivity (Wildman–Crippen MR) is 44.2 cm³/mol. The van der Waals surface area contributed by atoms with Gasteiger partial charge in [-0.15, -0.1) is 0 Å². The molecule has 0 aliphatic carbocycles. The molecule has 0 saturated carbocycles. The highest BCUT2D eigenvalue weighted by atomic mass is 79.9. The summed E-state index contributed by atoms with van der Waals surface area (Å²) in [6.07, 6.45) is 0.741. The molecule has 0 unspecified atom stereocenters. The highest BCUT2D eigenvalue weighted by molar-refractivity contribution is 9.10. The third kappa shape index (κ3) is 1.66. The smallest absolute Gasteiger partial charge is 0.151 e. The van der Waals surface area contributed by atoms with Crippen LogP contribution >= 0.6 is 15.9 Å². The van der Waals surface area contributed by atoms with Gasteiger partial charge in [-0.05, 0) is 18.2 Å². The van der Waals surface area contributed by atoms with Gasteiger partial charge in [0.05, 0.1) is 11.6 Å². The van der Waals surface area contributed by atoms with Crippen molar-refractivity contribution in [2.45, 2.75) is 0 Å². The maximum absolute atomic E-state index is 10.3. The maximum atomic E-state index is 10.3. The van der Waals surface area contributed by atoms with Crippen molar-refractivity contribution in [1.82, 2.24) is 0 Å². The normalized spacial score (nSPS) is 8.73.